The number of carbonyl (C=O) groups is 2. The summed E-state index contributed by atoms with van der Waals surface area (Å²) in [5.74, 6) is -2.07. The summed E-state index contributed by atoms with van der Waals surface area (Å²) in [4.78, 5) is 23.7. The molecule has 2 aromatic rings. The molecule has 2 N–H and O–H groups in total. The van der Waals surface area contributed by atoms with Crippen molar-refractivity contribution in [3.8, 4) is 0 Å². The third-order valence-electron chi connectivity index (χ3n) is 4.01. The van der Waals surface area contributed by atoms with E-state index in [4.69, 9.17) is 4.74 Å². The van der Waals surface area contributed by atoms with Crippen molar-refractivity contribution in [2.75, 3.05) is 18.5 Å². The van der Waals surface area contributed by atoms with Gasteiger partial charge in [0.1, 0.15) is 10.7 Å². The summed E-state index contributed by atoms with van der Waals surface area (Å²) < 4.78 is 45.6. The zero-order valence-corrected chi connectivity index (χ0v) is 17.3. The lowest BCUT2D eigenvalue weighted by Crippen LogP contribution is -2.25. The number of hydrogen-bond acceptors (Lipinski definition) is 5. The lowest BCUT2D eigenvalue weighted by Gasteiger charge is -2.10. The Morgan fingerprint density at radius 1 is 1.13 bits per heavy atom. The molecule has 0 unspecified atom stereocenters. The van der Waals surface area contributed by atoms with Crippen molar-refractivity contribution < 1.29 is 27.1 Å². The van der Waals surface area contributed by atoms with Crippen LogP contribution >= 0.6 is 0 Å². The Morgan fingerprint density at radius 2 is 1.80 bits per heavy atom. The number of rotatable bonds is 10. The van der Waals surface area contributed by atoms with Gasteiger partial charge in [0, 0.05) is 17.8 Å². The van der Waals surface area contributed by atoms with E-state index in [0.717, 1.165) is 25.0 Å². The van der Waals surface area contributed by atoms with Gasteiger partial charge in [-0.25, -0.2) is 22.3 Å². The number of anilines is 1. The molecule has 0 aliphatic rings. The number of amides is 1. The second-order valence-corrected chi connectivity index (χ2v) is 8.04. The minimum atomic E-state index is -4.13. The van der Waals surface area contributed by atoms with Gasteiger partial charge in [0.25, 0.3) is 5.91 Å². The van der Waals surface area contributed by atoms with E-state index < -0.39 is 32.6 Å². The first kappa shape index (κ1) is 23.2. The smallest absolute Gasteiger partial charge is 0.338 e. The minimum absolute atomic E-state index is 0.0431. The van der Waals surface area contributed by atoms with Crippen LogP contribution in [0.1, 0.15) is 40.5 Å². The van der Waals surface area contributed by atoms with Crippen molar-refractivity contribution in [1.82, 2.24) is 4.72 Å². The molecule has 0 spiro atoms. The molecule has 0 saturated carbocycles. The van der Waals surface area contributed by atoms with E-state index in [9.17, 15) is 22.4 Å². The zero-order chi connectivity index (χ0) is 22.1. The van der Waals surface area contributed by atoms with Crippen LogP contribution in [0.5, 0.6) is 0 Å². The number of benzene rings is 2. The molecule has 7 nitrogen and oxygen atoms in total. The minimum Gasteiger partial charge on any atom is -0.462 e. The fraction of sp³-hybridized carbons (Fsp3) is 0.238. The first-order chi connectivity index (χ1) is 14.3. The van der Waals surface area contributed by atoms with Crippen molar-refractivity contribution in [2.24, 2.45) is 0 Å². The summed E-state index contributed by atoms with van der Waals surface area (Å²) in [5.41, 5.74) is 0.676. The topological polar surface area (TPSA) is 102 Å². The number of hydrogen-bond donors (Lipinski definition) is 2. The van der Waals surface area contributed by atoms with E-state index in [-0.39, 0.29) is 12.1 Å². The number of ether oxygens (including phenoxy) is 1. The van der Waals surface area contributed by atoms with Gasteiger partial charge in [-0.2, -0.15) is 0 Å². The van der Waals surface area contributed by atoms with Crippen LogP contribution in [0.4, 0.5) is 10.1 Å². The van der Waals surface area contributed by atoms with Gasteiger partial charge in [-0.05, 0) is 48.9 Å². The Hall–Kier alpha value is -3.04. The second-order valence-electron chi connectivity index (χ2n) is 6.31. The molecule has 2 rings (SSSR count). The first-order valence-electron chi connectivity index (χ1n) is 9.27. The zero-order valence-electron chi connectivity index (χ0n) is 16.5. The predicted molar refractivity (Wildman–Crippen MR) is 111 cm³/mol. The summed E-state index contributed by atoms with van der Waals surface area (Å²) in [6, 6.07) is 9.08. The summed E-state index contributed by atoms with van der Waals surface area (Å²) in [7, 11) is -4.13. The Balaban J connectivity index is 2.12. The van der Waals surface area contributed by atoms with E-state index in [0.29, 0.717) is 17.9 Å². The van der Waals surface area contributed by atoms with Crippen molar-refractivity contribution in [3.05, 3.63) is 72.1 Å². The Morgan fingerprint density at radius 3 is 2.43 bits per heavy atom. The average Bonchev–Trinajstić information content (AvgIpc) is 2.73. The molecule has 2 aromatic carbocycles. The van der Waals surface area contributed by atoms with Gasteiger partial charge in [-0.15, -0.1) is 6.58 Å². The van der Waals surface area contributed by atoms with Gasteiger partial charge in [-0.1, -0.05) is 19.4 Å². The highest BCUT2D eigenvalue weighted by Crippen LogP contribution is 2.18. The largest absolute Gasteiger partial charge is 0.462 e. The van der Waals surface area contributed by atoms with Crippen LogP contribution < -0.4 is 10.0 Å². The number of unbranched alkanes of at least 4 members (excludes halogenated alkanes) is 1. The number of esters is 1. The molecular formula is C21H23FN2O5S. The molecule has 9 heteroatoms. The van der Waals surface area contributed by atoms with E-state index in [2.05, 4.69) is 16.6 Å². The Bertz CT molecular complexity index is 1020. The number of nitrogens with one attached hydrogen (secondary N) is 2. The molecule has 0 saturated heterocycles. The van der Waals surface area contributed by atoms with Crippen molar-refractivity contribution in [3.63, 3.8) is 0 Å². The molecule has 0 aliphatic carbocycles. The van der Waals surface area contributed by atoms with Gasteiger partial charge in [0.15, 0.2) is 0 Å². The van der Waals surface area contributed by atoms with Crippen LogP contribution in [-0.2, 0) is 14.8 Å². The Kier molecular flexibility index (Phi) is 8.25. The molecular weight excluding hydrogens is 411 g/mol. The highest BCUT2D eigenvalue weighted by molar-refractivity contribution is 7.89. The third-order valence-corrected chi connectivity index (χ3v) is 5.45. The molecule has 0 aliphatic heterocycles. The molecule has 0 radical (unpaired) electrons. The highest BCUT2D eigenvalue weighted by Gasteiger charge is 2.20. The Labute approximate surface area is 175 Å². The molecule has 160 valence electrons. The van der Waals surface area contributed by atoms with Crippen LogP contribution in [0.3, 0.4) is 0 Å². The maximum atomic E-state index is 14.0. The van der Waals surface area contributed by atoms with Gasteiger partial charge >= 0.3 is 5.97 Å². The monoisotopic (exact) mass is 434 g/mol. The van der Waals surface area contributed by atoms with Crippen molar-refractivity contribution >= 4 is 27.6 Å². The fourth-order valence-corrected chi connectivity index (χ4v) is 3.48. The molecule has 0 heterocycles. The average molecular weight is 434 g/mol. The summed E-state index contributed by atoms with van der Waals surface area (Å²) in [6.07, 6.45) is 3.00. The van der Waals surface area contributed by atoms with Crippen molar-refractivity contribution in [2.45, 2.75) is 24.7 Å². The molecule has 0 bridgehead atoms. The maximum Gasteiger partial charge on any atom is 0.338 e. The van der Waals surface area contributed by atoms with E-state index in [1.165, 1.54) is 36.4 Å². The number of halogens is 1. The predicted octanol–water partition coefficient (Wildman–Crippen LogP) is 3.50. The summed E-state index contributed by atoms with van der Waals surface area (Å²) >= 11 is 0. The summed E-state index contributed by atoms with van der Waals surface area (Å²) in [6.45, 7) is 5.64. The lowest BCUT2D eigenvalue weighted by molar-refractivity contribution is 0.0499. The van der Waals surface area contributed by atoms with Gasteiger partial charge < -0.3 is 10.1 Å². The third kappa shape index (κ3) is 6.23. The second kappa shape index (κ2) is 10.7. The standard InChI is InChI=1S/C21H23FN2O5S/c1-3-5-13-29-21(26)15-6-9-17(10-7-15)24-20(25)16-8-11-18(22)19(14-16)30(27,28)23-12-4-2/h4,6-11,14,23H,2-3,5,12-13H2,1H3,(H,24,25). The van der Waals surface area contributed by atoms with Crippen LogP contribution in [0, 0.1) is 5.82 Å². The quantitative estimate of drug-likeness (QED) is 0.339. The van der Waals surface area contributed by atoms with Crippen LogP contribution in [0.25, 0.3) is 0 Å². The lowest BCUT2D eigenvalue weighted by atomic mass is 10.2. The molecule has 0 atom stereocenters. The maximum absolute atomic E-state index is 14.0. The molecule has 0 fully saturated rings. The van der Waals surface area contributed by atoms with Crippen LogP contribution in [0.15, 0.2) is 60.0 Å². The molecule has 1 amide bonds. The SMILES string of the molecule is C=CCNS(=O)(=O)c1cc(C(=O)Nc2ccc(C(=O)OCCCC)cc2)ccc1F. The van der Waals surface area contributed by atoms with E-state index in [1.807, 2.05) is 6.92 Å². The summed E-state index contributed by atoms with van der Waals surface area (Å²) in [5, 5.41) is 2.57. The normalized spacial score (nSPS) is 11.0. The molecule has 30 heavy (non-hydrogen) atoms. The van der Waals surface area contributed by atoms with E-state index in [1.54, 1.807) is 0 Å². The number of carbonyl (C=O) groups excluding carboxylic acids is 2. The first-order valence-corrected chi connectivity index (χ1v) is 10.8. The fourth-order valence-electron chi connectivity index (χ4n) is 2.38. The van der Waals surface area contributed by atoms with Gasteiger partial charge in [0.05, 0.1) is 12.2 Å². The van der Waals surface area contributed by atoms with E-state index >= 15 is 0 Å². The molecule has 0 aromatic heterocycles. The highest BCUT2D eigenvalue weighted by atomic mass is 32.2. The van der Waals surface area contributed by atoms with Crippen LogP contribution in [0.2, 0.25) is 0 Å². The van der Waals surface area contributed by atoms with Crippen LogP contribution in [-0.4, -0.2) is 33.4 Å². The number of sulfonamides is 1. The van der Waals surface area contributed by atoms with Gasteiger partial charge in [0.2, 0.25) is 10.0 Å². The van der Waals surface area contributed by atoms with Gasteiger partial charge in [-0.3, -0.25) is 4.79 Å². The van der Waals surface area contributed by atoms with Crippen molar-refractivity contribution in [1.29, 1.82) is 0 Å².